The van der Waals surface area contributed by atoms with E-state index in [1.165, 1.54) is 44.3 Å². The molecule has 16 nitrogen and oxygen atoms in total. The van der Waals surface area contributed by atoms with E-state index in [1.54, 1.807) is 21.1 Å². The highest BCUT2D eigenvalue weighted by atomic mass is 31.2. The van der Waals surface area contributed by atoms with E-state index in [4.69, 9.17) is 23.3 Å². The van der Waals surface area contributed by atoms with Crippen LogP contribution in [0.15, 0.2) is 72.8 Å². The van der Waals surface area contributed by atoms with Crippen LogP contribution in [0.1, 0.15) is 89.0 Å². The van der Waals surface area contributed by atoms with Crippen LogP contribution in [0.2, 0.25) is 0 Å². The Morgan fingerprint density at radius 3 is 1.97 bits per heavy atom. The van der Waals surface area contributed by atoms with Crippen LogP contribution in [-0.2, 0) is 39.0 Å². The Hall–Kier alpha value is -4.80. The maximum absolute atomic E-state index is 12.7. The van der Waals surface area contributed by atoms with Crippen LogP contribution in [0, 0.1) is 20.2 Å². The number of quaternary nitrogens is 1. The van der Waals surface area contributed by atoms with Crippen molar-refractivity contribution in [3.05, 3.63) is 98.6 Å². The molecule has 17 heteroatoms. The summed E-state index contributed by atoms with van der Waals surface area (Å²) in [5.41, 5.74) is 0.817. The molecule has 2 unspecified atom stereocenters. The van der Waals surface area contributed by atoms with Gasteiger partial charge in [0.15, 0.2) is 6.73 Å². The fourth-order valence-corrected chi connectivity index (χ4v) is 8.60. The zero-order chi connectivity index (χ0) is 46.7. The molecule has 0 amide bonds. The van der Waals surface area contributed by atoms with Gasteiger partial charge >= 0.3 is 5.97 Å². The first kappa shape index (κ1) is 51.2. The predicted octanol–water partition coefficient (Wildman–Crippen LogP) is 10.2. The van der Waals surface area contributed by atoms with Crippen molar-refractivity contribution in [2.24, 2.45) is 0 Å². The largest absolute Gasteiger partial charge is 0.756 e. The highest BCUT2D eigenvalue weighted by Crippen LogP contribution is 2.39. The van der Waals surface area contributed by atoms with Crippen molar-refractivity contribution < 1.29 is 51.8 Å². The van der Waals surface area contributed by atoms with Gasteiger partial charge in [-0.05, 0) is 82.8 Å². The Morgan fingerprint density at radius 1 is 0.692 bits per heavy atom. The van der Waals surface area contributed by atoms with Gasteiger partial charge in [0.25, 0.3) is 19.2 Å². The lowest BCUT2D eigenvalue weighted by Gasteiger charge is -2.29. The van der Waals surface area contributed by atoms with Crippen LogP contribution in [-0.4, -0.2) is 93.9 Å². The van der Waals surface area contributed by atoms with Gasteiger partial charge in [-0.15, -0.1) is 0 Å². The first-order chi connectivity index (χ1) is 31.2. The number of anilines is 1. The summed E-state index contributed by atoms with van der Waals surface area (Å²) in [7, 11) is 0.590. The summed E-state index contributed by atoms with van der Waals surface area (Å²) >= 11 is 0. The summed E-state index contributed by atoms with van der Waals surface area (Å²) in [4.78, 5) is 46.3. The number of benzene rings is 5. The van der Waals surface area contributed by atoms with Gasteiger partial charge in [-0.25, -0.2) is 0 Å². The summed E-state index contributed by atoms with van der Waals surface area (Å²) in [6.07, 6.45) is 11.4. The van der Waals surface area contributed by atoms with E-state index < -0.39 is 36.3 Å². The third-order valence-corrected chi connectivity index (χ3v) is 12.0. The first-order valence-electron chi connectivity index (χ1n) is 22.8. The molecule has 0 aliphatic heterocycles. The number of nitro benzene ring substituents is 2. The predicted molar refractivity (Wildman–Crippen MR) is 251 cm³/mol. The van der Waals surface area contributed by atoms with Crippen LogP contribution in [0.3, 0.4) is 0 Å². The zero-order valence-corrected chi connectivity index (χ0v) is 38.9. The molecule has 2 atom stereocenters. The van der Waals surface area contributed by atoms with Gasteiger partial charge in [0.1, 0.15) is 11.8 Å². The average Bonchev–Trinajstić information content (AvgIpc) is 3.27. The van der Waals surface area contributed by atoms with E-state index in [0.717, 1.165) is 95.6 Å². The molecule has 354 valence electrons. The van der Waals surface area contributed by atoms with E-state index in [0.29, 0.717) is 19.4 Å². The molecule has 5 aromatic carbocycles. The Morgan fingerprint density at radius 2 is 1.31 bits per heavy atom. The van der Waals surface area contributed by atoms with Crippen molar-refractivity contribution in [1.29, 1.82) is 0 Å². The van der Waals surface area contributed by atoms with E-state index in [2.05, 4.69) is 59.9 Å². The molecule has 5 rings (SSSR count). The Labute approximate surface area is 381 Å². The van der Waals surface area contributed by atoms with Crippen LogP contribution in [0.25, 0.3) is 32.3 Å². The molecule has 0 aliphatic carbocycles. The quantitative estimate of drug-likeness (QED) is 0.00609. The SMILES string of the molecule is C[N+](C)(C)COP(=O)([O-])OCC(COCCCCCCCCCCOCCCCc1ccc2ccc3cccc4ccc1c2c34)OC(=O)CCCCNc1cc([N+](=O)[O-])ccc1[N+](=O)[O-]. The first-order valence-corrected chi connectivity index (χ1v) is 24.2. The van der Waals surface area contributed by atoms with Gasteiger partial charge in [-0.3, -0.25) is 34.1 Å². The third kappa shape index (κ3) is 17.2. The minimum atomic E-state index is -4.68. The van der Waals surface area contributed by atoms with E-state index in [-0.39, 0.29) is 47.8 Å². The Bertz CT molecular complexity index is 2320. The summed E-state index contributed by atoms with van der Waals surface area (Å²) in [5, 5.41) is 33.3. The van der Waals surface area contributed by atoms with Crippen molar-refractivity contribution in [2.45, 2.75) is 96.0 Å². The number of ether oxygens (including phenoxy) is 3. The zero-order valence-electron chi connectivity index (χ0n) is 38.0. The van der Waals surface area contributed by atoms with E-state index in [9.17, 15) is 34.5 Å². The van der Waals surface area contributed by atoms with Crippen LogP contribution in [0.5, 0.6) is 0 Å². The molecule has 0 radical (unpaired) electrons. The number of nitro groups is 2. The smallest absolute Gasteiger partial charge is 0.306 e. The molecule has 0 fully saturated rings. The minimum Gasteiger partial charge on any atom is -0.756 e. The molecular weight excluding hydrogens is 856 g/mol. The lowest BCUT2D eigenvalue weighted by molar-refractivity contribution is -0.887. The Balaban J connectivity index is 0.898. The maximum Gasteiger partial charge on any atom is 0.306 e. The Kier molecular flexibility index (Phi) is 20.3. The number of unbranched alkanes of at least 4 members (excludes halogenated alkanes) is 9. The maximum atomic E-state index is 12.7. The monoisotopic (exact) mass is 920 g/mol. The molecule has 0 spiro atoms. The number of non-ortho nitro benzene ring substituents is 1. The van der Waals surface area contributed by atoms with Gasteiger partial charge in [0, 0.05) is 51.0 Å². The number of aryl methyl sites for hydroxylation is 1. The molecule has 0 heterocycles. The number of phosphoric acid groups is 1. The molecular formula is C48H65N4O12P. The summed E-state index contributed by atoms with van der Waals surface area (Å²) in [6.45, 7) is 1.51. The minimum absolute atomic E-state index is 0.00187. The second-order valence-electron chi connectivity index (χ2n) is 17.6. The van der Waals surface area contributed by atoms with Crippen molar-refractivity contribution in [1.82, 2.24) is 0 Å². The van der Waals surface area contributed by atoms with Crippen molar-refractivity contribution in [3.8, 4) is 0 Å². The third-order valence-electron chi connectivity index (χ3n) is 11.1. The van der Waals surface area contributed by atoms with Gasteiger partial charge in [0.2, 0.25) is 0 Å². The number of nitrogens with zero attached hydrogens (tertiary/aromatic N) is 3. The van der Waals surface area contributed by atoms with Crippen molar-refractivity contribution >= 4 is 63.2 Å². The lowest BCUT2D eigenvalue weighted by atomic mass is 9.91. The number of phosphoric ester groups is 1. The molecule has 0 bridgehead atoms. The van der Waals surface area contributed by atoms with Gasteiger partial charge < -0.3 is 33.4 Å². The number of carbonyl (C=O) groups is 1. The second-order valence-corrected chi connectivity index (χ2v) is 19.0. The van der Waals surface area contributed by atoms with Crippen LogP contribution in [0.4, 0.5) is 17.1 Å². The fraction of sp³-hybridized carbons (Fsp3) is 0.521. The number of carbonyl (C=O) groups excluding carboxylic acids is 1. The van der Waals surface area contributed by atoms with Crippen molar-refractivity contribution in [3.63, 3.8) is 0 Å². The number of esters is 1. The van der Waals surface area contributed by atoms with E-state index >= 15 is 0 Å². The summed E-state index contributed by atoms with van der Waals surface area (Å²) in [6, 6.07) is 23.3. The topological polar surface area (TPSA) is 202 Å². The average molecular weight is 921 g/mol. The molecule has 65 heavy (non-hydrogen) atoms. The van der Waals surface area contributed by atoms with Crippen LogP contribution < -0.4 is 10.2 Å². The van der Waals surface area contributed by atoms with E-state index in [1.807, 2.05) is 0 Å². The summed E-state index contributed by atoms with van der Waals surface area (Å²) < 4.78 is 39.9. The van der Waals surface area contributed by atoms with Gasteiger partial charge in [-0.1, -0.05) is 93.1 Å². The number of rotatable bonds is 33. The number of nitrogens with one attached hydrogen (secondary N) is 1. The van der Waals surface area contributed by atoms with Gasteiger partial charge in [-0.2, -0.15) is 0 Å². The highest BCUT2D eigenvalue weighted by molar-refractivity contribution is 7.45. The summed E-state index contributed by atoms with van der Waals surface area (Å²) in [5.74, 6) is -0.602. The standard InChI is InChI=1S/C48H65N4O12P/c1-52(2,3)36-63-65(58,59)62-35-42(64-46(53)20-10-12-29-49-44-33-41(50(54)55)26-28-45(44)51(56)57)34-61-32-14-9-7-5-4-6-8-13-30-60-31-15-11-17-37-21-22-40-24-23-38-18-16-19-39-25-27-43(37)48(40)47(38)39/h16,18-19,21-28,33,42,49H,4-15,17,20,29-32,34-36H2,1-3H3. The second kappa shape index (κ2) is 25.8. The van der Waals surface area contributed by atoms with Crippen molar-refractivity contribution in [2.75, 3.05) is 72.8 Å². The molecule has 0 aromatic heterocycles. The molecule has 1 N–H and O–H groups in total. The lowest BCUT2D eigenvalue weighted by Crippen LogP contribution is -2.37. The molecule has 5 aromatic rings. The highest BCUT2D eigenvalue weighted by Gasteiger charge is 2.22. The normalized spacial score (nSPS) is 13.4. The molecule has 0 saturated heterocycles. The number of hydrogen-bond donors (Lipinski definition) is 1. The van der Waals surface area contributed by atoms with Gasteiger partial charge in [0.05, 0.1) is 44.2 Å². The van der Waals surface area contributed by atoms with Crippen LogP contribution >= 0.6 is 7.82 Å². The number of hydrogen-bond acceptors (Lipinski definition) is 13. The molecule has 0 saturated carbocycles. The fourth-order valence-electron chi connectivity index (χ4n) is 7.69. The molecule has 0 aliphatic rings.